The van der Waals surface area contributed by atoms with Gasteiger partial charge in [-0.25, -0.2) is 4.39 Å². The van der Waals surface area contributed by atoms with Gasteiger partial charge < -0.3 is 10.1 Å². The van der Waals surface area contributed by atoms with Crippen LogP contribution in [0.25, 0.3) is 0 Å². The Morgan fingerprint density at radius 3 is 2.50 bits per heavy atom. The van der Waals surface area contributed by atoms with E-state index in [1.54, 1.807) is 12.1 Å². The van der Waals surface area contributed by atoms with Gasteiger partial charge in [-0.15, -0.1) is 0 Å². The highest BCUT2D eigenvalue weighted by molar-refractivity contribution is 5.28. The lowest BCUT2D eigenvalue weighted by atomic mass is 10.0. The second-order valence-electron chi connectivity index (χ2n) is 4.80. The van der Waals surface area contributed by atoms with Gasteiger partial charge >= 0.3 is 0 Å². The van der Waals surface area contributed by atoms with E-state index in [9.17, 15) is 4.39 Å². The molecule has 0 aromatic heterocycles. The van der Waals surface area contributed by atoms with Crippen molar-refractivity contribution in [3.05, 3.63) is 71.0 Å². The highest BCUT2D eigenvalue weighted by Crippen LogP contribution is 2.18. The Hall–Kier alpha value is -1.71. The summed E-state index contributed by atoms with van der Waals surface area (Å²) in [5.41, 5.74) is 3.03. The van der Waals surface area contributed by atoms with Crippen LogP contribution in [0, 0.1) is 12.7 Å². The van der Waals surface area contributed by atoms with E-state index in [4.69, 9.17) is 4.74 Å². The Bertz CT molecular complexity index is 556. The maximum Gasteiger partial charge on any atom is 0.128 e. The van der Waals surface area contributed by atoms with Gasteiger partial charge in [0.2, 0.25) is 0 Å². The van der Waals surface area contributed by atoms with E-state index in [-0.39, 0.29) is 18.5 Å². The molecule has 0 radical (unpaired) electrons. The van der Waals surface area contributed by atoms with Gasteiger partial charge in [0.1, 0.15) is 5.82 Å². The maximum absolute atomic E-state index is 13.5. The standard InChI is InChI=1S/C17H20FNO/c1-13-7-3-5-9-15(13)17(19-2)12-20-11-14-8-4-6-10-16(14)18/h3-10,17,19H,11-12H2,1-2H3. The third kappa shape index (κ3) is 3.65. The molecule has 0 saturated carbocycles. The molecule has 0 aliphatic heterocycles. The summed E-state index contributed by atoms with van der Waals surface area (Å²) in [6.07, 6.45) is 0. The Balaban J connectivity index is 1.95. The molecule has 3 heteroatoms. The molecule has 1 unspecified atom stereocenters. The molecule has 1 N–H and O–H groups in total. The monoisotopic (exact) mass is 273 g/mol. The maximum atomic E-state index is 13.5. The van der Waals surface area contributed by atoms with Crippen molar-refractivity contribution in [1.29, 1.82) is 0 Å². The summed E-state index contributed by atoms with van der Waals surface area (Å²) >= 11 is 0. The van der Waals surface area contributed by atoms with E-state index in [2.05, 4.69) is 24.4 Å². The lowest BCUT2D eigenvalue weighted by Crippen LogP contribution is -2.22. The van der Waals surface area contributed by atoms with E-state index in [1.807, 2.05) is 25.2 Å². The smallest absolute Gasteiger partial charge is 0.128 e. The highest BCUT2D eigenvalue weighted by Gasteiger charge is 2.11. The van der Waals surface area contributed by atoms with E-state index >= 15 is 0 Å². The number of likely N-dealkylation sites (N-methyl/N-ethyl adjacent to an activating group) is 1. The molecule has 0 heterocycles. The van der Waals surface area contributed by atoms with E-state index in [0.29, 0.717) is 12.2 Å². The topological polar surface area (TPSA) is 21.3 Å². The minimum Gasteiger partial charge on any atom is -0.375 e. The second-order valence-corrected chi connectivity index (χ2v) is 4.80. The average Bonchev–Trinajstić information content (AvgIpc) is 2.46. The fraction of sp³-hybridized carbons (Fsp3) is 0.294. The lowest BCUT2D eigenvalue weighted by molar-refractivity contribution is 0.0984. The first kappa shape index (κ1) is 14.7. The number of rotatable bonds is 6. The van der Waals surface area contributed by atoms with Crippen molar-refractivity contribution in [2.45, 2.75) is 19.6 Å². The van der Waals surface area contributed by atoms with Gasteiger partial charge in [0, 0.05) is 5.56 Å². The van der Waals surface area contributed by atoms with Crippen molar-refractivity contribution < 1.29 is 9.13 Å². The predicted octanol–water partition coefficient (Wildman–Crippen LogP) is 3.61. The van der Waals surface area contributed by atoms with Gasteiger partial charge in [-0.05, 0) is 31.2 Å². The third-order valence-corrected chi connectivity index (χ3v) is 3.41. The van der Waals surface area contributed by atoms with Crippen molar-refractivity contribution >= 4 is 0 Å². The summed E-state index contributed by atoms with van der Waals surface area (Å²) in [7, 11) is 1.91. The number of aryl methyl sites for hydroxylation is 1. The van der Waals surface area contributed by atoms with Crippen LogP contribution in [0.4, 0.5) is 4.39 Å². The first-order valence-corrected chi connectivity index (χ1v) is 6.76. The van der Waals surface area contributed by atoms with E-state index < -0.39 is 0 Å². The number of hydrogen-bond acceptors (Lipinski definition) is 2. The third-order valence-electron chi connectivity index (χ3n) is 3.41. The molecule has 0 bridgehead atoms. The molecule has 2 nitrogen and oxygen atoms in total. The average molecular weight is 273 g/mol. The number of benzene rings is 2. The number of hydrogen-bond donors (Lipinski definition) is 1. The van der Waals surface area contributed by atoms with Gasteiger partial charge in [0.15, 0.2) is 0 Å². The molecule has 0 amide bonds. The van der Waals surface area contributed by atoms with Gasteiger partial charge in [-0.1, -0.05) is 42.5 Å². The van der Waals surface area contributed by atoms with Crippen LogP contribution in [-0.2, 0) is 11.3 Å². The molecule has 0 saturated heterocycles. The molecule has 0 aliphatic rings. The number of nitrogens with one attached hydrogen (secondary N) is 1. The number of halogens is 1. The molecule has 2 rings (SSSR count). The molecular weight excluding hydrogens is 253 g/mol. The SMILES string of the molecule is CNC(COCc1ccccc1F)c1ccccc1C. The normalized spacial score (nSPS) is 12.3. The summed E-state index contributed by atoms with van der Waals surface area (Å²) < 4.78 is 19.1. The van der Waals surface area contributed by atoms with Crippen LogP contribution in [0.5, 0.6) is 0 Å². The van der Waals surface area contributed by atoms with Crippen molar-refractivity contribution in [3.8, 4) is 0 Å². The lowest BCUT2D eigenvalue weighted by Gasteiger charge is -2.19. The van der Waals surface area contributed by atoms with Crippen molar-refractivity contribution in [3.63, 3.8) is 0 Å². The van der Waals surface area contributed by atoms with Crippen molar-refractivity contribution in [1.82, 2.24) is 5.32 Å². The Morgan fingerprint density at radius 2 is 1.80 bits per heavy atom. The molecule has 0 spiro atoms. The molecular formula is C17H20FNO. The summed E-state index contributed by atoms with van der Waals surface area (Å²) in [6.45, 7) is 2.88. The Kier molecular flexibility index (Phi) is 5.27. The molecule has 0 aliphatic carbocycles. The summed E-state index contributed by atoms with van der Waals surface area (Å²) in [5.74, 6) is -0.218. The van der Waals surface area contributed by atoms with Crippen LogP contribution in [-0.4, -0.2) is 13.7 Å². The fourth-order valence-corrected chi connectivity index (χ4v) is 2.21. The van der Waals surface area contributed by atoms with E-state index in [0.717, 1.165) is 0 Å². The Labute approximate surface area is 119 Å². The van der Waals surface area contributed by atoms with Crippen molar-refractivity contribution in [2.24, 2.45) is 0 Å². The zero-order valence-electron chi connectivity index (χ0n) is 11.9. The molecule has 2 aromatic rings. The predicted molar refractivity (Wildman–Crippen MR) is 79.0 cm³/mol. The second kappa shape index (κ2) is 7.17. The minimum atomic E-state index is -0.218. The highest BCUT2D eigenvalue weighted by atomic mass is 19.1. The van der Waals surface area contributed by atoms with Crippen LogP contribution in [0.2, 0.25) is 0 Å². The molecule has 0 fully saturated rings. The minimum absolute atomic E-state index is 0.114. The molecule has 2 aromatic carbocycles. The van der Waals surface area contributed by atoms with Gasteiger partial charge in [-0.2, -0.15) is 0 Å². The van der Waals surface area contributed by atoms with Crippen molar-refractivity contribution in [2.75, 3.05) is 13.7 Å². The molecule has 20 heavy (non-hydrogen) atoms. The fourth-order valence-electron chi connectivity index (χ4n) is 2.21. The van der Waals surface area contributed by atoms with Gasteiger partial charge in [0.05, 0.1) is 19.3 Å². The van der Waals surface area contributed by atoms with Gasteiger partial charge in [-0.3, -0.25) is 0 Å². The summed E-state index contributed by atoms with van der Waals surface area (Å²) in [4.78, 5) is 0. The zero-order valence-corrected chi connectivity index (χ0v) is 11.9. The zero-order chi connectivity index (χ0) is 14.4. The largest absolute Gasteiger partial charge is 0.375 e. The summed E-state index contributed by atoms with van der Waals surface area (Å²) in [5, 5.41) is 3.24. The van der Waals surface area contributed by atoms with Gasteiger partial charge in [0.25, 0.3) is 0 Å². The molecule has 106 valence electrons. The van der Waals surface area contributed by atoms with Crippen LogP contribution >= 0.6 is 0 Å². The van der Waals surface area contributed by atoms with Crippen LogP contribution in [0.15, 0.2) is 48.5 Å². The number of ether oxygens (including phenoxy) is 1. The van der Waals surface area contributed by atoms with Crippen LogP contribution < -0.4 is 5.32 Å². The van der Waals surface area contributed by atoms with Crippen LogP contribution in [0.1, 0.15) is 22.7 Å². The quantitative estimate of drug-likeness (QED) is 0.868. The Morgan fingerprint density at radius 1 is 1.10 bits per heavy atom. The first-order valence-electron chi connectivity index (χ1n) is 6.76. The van der Waals surface area contributed by atoms with E-state index in [1.165, 1.54) is 17.2 Å². The molecule has 1 atom stereocenters. The first-order chi connectivity index (χ1) is 9.72. The van der Waals surface area contributed by atoms with Crippen LogP contribution in [0.3, 0.4) is 0 Å². The summed E-state index contributed by atoms with van der Waals surface area (Å²) in [6, 6.07) is 15.0.